The zero-order valence-electron chi connectivity index (χ0n) is 10.8. The van der Waals surface area contributed by atoms with E-state index in [9.17, 15) is 0 Å². The number of likely N-dealkylation sites (N-methyl/N-ethyl adjacent to an activating group) is 1. The highest BCUT2D eigenvalue weighted by Crippen LogP contribution is 2.29. The number of thiophene rings is 1. The minimum atomic E-state index is 0.320. The predicted octanol–water partition coefficient (Wildman–Crippen LogP) is 3.93. The minimum Gasteiger partial charge on any atom is -0.372 e. The molecule has 1 aromatic heterocycles. The van der Waals surface area contributed by atoms with Crippen molar-refractivity contribution in [3.8, 4) is 0 Å². The summed E-state index contributed by atoms with van der Waals surface area (Å²) in [6.45, 7) is 1.49. The molecule has 0 spiro atoms. The van der Waals surface area contributed by atoms with Crippen LogP contribution in [0.4, 0.5) is 0 Å². The van der Waals surface area contributed by atoms with Crippen molar-refractivity contribution in [2.45, 2.75) is 25.7 Å². The monoisotopic (exact) mass is 293 g/mol. The van der Waals surface area contributed by atoms with E-state index in [4.69, 9.17) is 16.3 Å². The fourth-order valence-corrected chi connectivity index (χ4v) is 3.59. The maximum atomic E-state index is 5.99. The lowest BCUT2D eigenvalue weighted by atomic mass is 9.98. The summed E-state index contributed by atoms with van der Waals surface area (Å²) in [6, 6.07) is 11.0. The molecule has 4 heteroatoms. The third-order valence-electron chi connectivity index (χ3n) is 3.53. The molecule has 0 fully saturated rings. The fraction of sp³-hybridized carbons (Fsp3) is 0.333. The smallest absolute Gasteiger partial charge is 0.0931 e. The van der Waals surface area contributed by atoms with E-state index in [1.165, 1.54) is 21.6 Å². The molecule has 19 heavy (non-hydrogen) atoms. The molecule has 1 aromatic carbocycles. The molecule has 0 amide bonds. The van der Waals surface area contributed by atoms with Crippen LogP contribution < -0.4 is 5.32 Å². The van der Waals surface area contributed by atoms with E-state index in [2.05, 4.69) is 29.6 Å². The summed E-state index contributed by atoms with van der Waals surface area (Å²) < 4.78 is 6.32. The van der Waals surface area contributed by atoms with E-state index < -0.39 is 0 Å². The molecule has 1 atom stereocenters. The number of hydrogen-bond donors (Lipinski definition) is 1. The Hall–Kier alpha value is -0.870. The van der Waals surface area contributed by atoms with Crippen molar-refractivity contribution in [2.24, 2.45) is 0 Å². The maximum Gasteiger partial charge on any atom is 0.0931 e. The molecule has 2 nitrogen and oxygen atoms in total. The van der Waals surface area contributed by atoms with Crippen molar-refractivity contribution in [3.63, 3.8) is 0 Å². The van der Waals surface area contributed by atoms with Gasteiger partial charge in [0.25, 0.3) is 0 Å². The zero-order valence-corrected chi connectivity index (χ0v) is 12.4. The number of hydrogen-bond acceptors (Lipinski definition) is 3. The van der Waals surface area contributed by atoms with Crippen LogP contribution in [-0.4, -0.2) is 7.05 Å². The van der Waals surface area contributed by atoms with Gasteiger partial charge in [-0.1, -0.05) is 29.8 Å². The van der Waals surface area contributed by atoms with Gasteiger partial charge in [0, 0.05) is 17.3 Å². The van der Waals surface area contributed by atoms with Gasteiger partial charge in [0.15, 0.2) is 0 Å². The molecule has 0 radical (unpaired) electrons. The lowest BCUT2D eigenvalue weighted by Crippen LogP contribution is -2.18. The van der Waals surface area contributed by atoms with Gasteiger partial charge in [-0.05, 0) is 35.9 Å². The normalized spacial score (nSPS) is 15.5. The van der Waals surface area contributed by atoms with Crippen LogP contribution in [-0.2, 0) is 24.4 Å². The zero-order chi connectivity index (χ0) is 13.2. The molecule has 1 unspecified atom stereocenters. The van der Waals surface area contributed by atoms with E-state index in [1.807, 2.05) is 13.1 Å². The first-order valence-corrected chi connectivity index (χ1v) is 7.56. The second kappa shape index (κ2) is 5.63. The predicted molar refractivity (Wildman–Crippen MR) is 79.8 cm³/mol. The minimum absolute atomic E-state index is 0.320. The topological polar surface area (TPSA) is 21.3 Å². The van der Waals surface area contributed by atoms with E-state index >= 15 is 0 Å². The van der Waals surface area contributed by atoms with E-state index in [1.54, 1.807) is 11.3 Å². The number of ether oxygens (including phenoxy) is 1. The summed E-state index contributed by atoms with van der Waals surface area (Å²) in [4.78, 5) is 1.31. The number of rotatable bonds is 4. The molecule has 1 N–H and O–H groups in total. The summed E-state index contributed by atoms with van der Waals surface area (Å²) in [5, 5.41) is 3.39. The third-order valence-corrected chi connectivity index (χ3v) is 4.78. The Morgan fingerprint density at radius 1 is 1.26 bits per heavy atom. The molecule has 0 bridgehead atoms. The van der Waals surface area contributed by atoms with Crippen LogP contribution in [0.3, 0.4) is 0 Å². The Kier molecular flexibility index (Phi) is 3.89. The van der Waals surface area contributed by atoms with Gasteiger partial charge in [-0.3, -0.25) is 0 Å². The second-order valence-electron chi connectivity index (χ2n) is 4.77. The average Bonchev–Trinajstić information content (AvgIpc) is 3.03. The number of benzene rings is 1. The van der Waals surface area contributed by atoms with Crippen LogP contribution in [0.1, 0.15) is 27.6 Å². The third kappa shape index (κ3) is 2.84. The SMILES string of the molecule is CNC(Cc1ccc(Cl)s1)c1ccc2c(c1)COC2. The number of fused-ring (bicyclic) bond motifs is 1. The molecule has 3 rings (SSSR count). The standard InChI is InChI=1S/C15H16ClNOS/c1-17-14(7-13-4-5-15(16)19-13)10-2-3-11-8-18-9-12(11)6-10/h2-6,14,17H,7-9H2,1H3. The molecule has 2 aromatic rings. The Morgan fingerprint density at radius 3 is 2.84 bits per heavy atom. The Bertz CT molecular complexity index is 581. The first-order valence-electron chi connectivity index (χ1n) is 6.37. The first-order chi connectivity index (χ1) is 9.26. The molecule has 0 saturated heterocycles. The summed E-state index contributed by atoms with van der Waals surface area (Å²) in [6.07, 6.45) is 0.966. The summed E-state index contributed by atoms with van der Waals surface area (Å²) in [5.41, 5.74) is 3.95. The largest absolute Gasteiger partial charge is 0.372 e. The lowest BCUT2D eigenvalue weighted by molar-refractivity contribution is 0.134. The quantitative estimate of drug-likeness (QED) is 0.922. The van der Waals surface area contributed by atoms with Crippen LogP contribution in [0.5, 0.6) is 0 Å². The Balaban J connectivity index is 1.82. The van der Waals surface area contributed by atoms with Gasteiger partial charge in [-0.15, -0.1) is 11.3 Å². The molecule has 0 aliphatic carbocycles. The van der Waals surface area contributed by atoms with Crippen molar-refractivity contribution in [2.75, 3.05) is 7.05 Å². The fourth-order valence-electron chi connectivity index (χ4n) is 2.46. The van der Waals surface area contributed by atoms with Gasteiger partial charge in [-0.25, -0.2) is 0 Å². The van der Waals surface area contributed by atoms with Gasteiger partial charge in [0.1, 0.15) is 0 Å². The van der Waals surface area contributed by atoms with E-state index in [-0.39, 0.29) is 0 Å². The van der Waals surface area contributed by atoms with Crippen LogP contribution in [0.25, 0.3) is 0 Å². The van der Waals surface area contributed by atoms with Gasteiger partial charge in [-0.2, -0.15) is 0 Å². The van der Waals surface area contributed by atoms with E-state index in [0.717, 1.165) is 24.0 Å². The molecule has 100 valence electrons. The van der Waals surface area contributed by atoms with E-state index in [0.29, 0.717) is 6.04 Å². The Labute approximate surface area is 122 Å². The molecule has 0 saturated carbocycles. The van der Waals surface area contributed by atoms with Crippen molar-refractivity contribution in [3.05, 3.63) is 56.2 Å². The number of halogens is 1. The highest BCUT2D eigenvalue weighted by atomic mass is 35.5. The van der Waals surface area contributed by atoms with Crippen LogP contribution in [0, 0.1) is 0 Å². The van der Waals surface area contributed by atoms with Crippen LogP contribution >= 0.6 is 22.9 Å². The van der Waals surface area contributed by atoms with Crippen molar-refractivity contribution in [1.82, 2.24) is 5.32 Å². The molecular formula is C15H16ClNOS. The van der Waals surface area contributed by atoms with Crippen molar-refractivity contribution < 1.29 is 4.74 Å². The second-order valence-corrected chi connectivity index (χ2v) is 6.57. The Morgan fingerprint density at radius 2 is 2.11 bits per heavy atom. The molecular weight excluding hydrogens is 278 g/mol. The lowest BCUT2D eigenvalue weighted by Gasteiger charge is -2.16. The summed E-state index contributed by atoms with van der Waals surface area (Å²) in [5.74, 6) is 0. The number of nitrogens with one attached hydrogen (secondary N) is 1. The molecule has 2 heterocycles. The van der Waals surface area contributed by atoms with Crippen molar-refractivity contribution >= 4 is 22.9 Å². The summed E-state index contributed by atoms with van der Waals surface area (Å²) in [7, 11) is 2.00. The van der Waals surface area contributed by atoms with Crippen molar-refractivity contribution in [1.29, 1.82) is 0 Å². The van der Waals surface area contributed by atoms with Crippen LogP contribution in [0.2, 0.25) is 4.34 Å². The first kappa shape index (κ1) is 13.1. The molecule has 1 aliphatic rings. The van der Waals surface area contributed by atoms with Crippen LogP contribution in [0.15, 0.2) is 30.3 Å². The summed E-state index contributed by atoms with van der Waals surface area (Å²) >= 11 is 7.64. The maximum absolute atomic E-state index is 5.99. The van der Waals surface area contributed by atoms with Gasteiger partial charge in [0.05, 0.1) is 17.6 Å². The molecule has 1 aliphatic heterocycles. The average molecular weight is 294 g/mol. The highest BCUT2D eigenvalue weighted by molar-refractivity contribution is 7.16. The van der Waals surface area contributed by atoms with Gasteiger partial charge >= 0.3 is 0 Å². The van der Waals surface area contributed by atoms with Gasteiger partial charge < -0.3 is 10.1 Å². The van der Waals surface area contributed by atoms with Gasteiger partial charge in [0.2, 0.25) is 0 Å². The highest BCUT2D eigenvalue weighted by Gasteiger charge is 2.16.